The van der Waals surface area contributed by atoms with Crippen LogP contribution >= 0.6 is 0 Å². The van der Waals surface area contributed by atoms with Crippen molar-refractivity contribution in [2.45, 2.75) is 13.3 Å². The molecule has 1 rings (SSSR count). The molecule has 0 unspecified atom stereocenters. The molecule has 1 N–H and O–H groups in total. The summed E-state index contributed by atoms with van der Waals surface area (Å²) in [7, 11) is 0. The molecule has 0 aliphatic carbocycles. The van der Waals surface area contributed by atoms with Crippen molar-refractivity contribution in [3.8, 4) is 0 Å². The number of carbonyl (C=O) groups excluding carboxylic acids is 2. The number of Topliss-reactive ketones (excluding diaryl/α,β-unsaturated/α-hetero) is 1. The Bertz CT molecular complexity index is 278. The molecule has 0 aliphatic rings. The maximum atomic E-state index is 11.0. The largest absolute Gasteiger partial charge is 0.333 e. The van der Waals surface area contributed by atoms with Crippen LogP contribution in [0.1, 0.15) is 34.5 Å². The van der Waals surface area contributed by atoms with Gasteiger partial charge in [0.05, 0.1) is 6.20 Å². The number of nitrogens with zero attached hydrogens (tertiary/aromatic N) is 1. The van der Waals surface area contributed by atoms with E-state index in [9.17, 15) is 9.59 Å². The zero-order valence-electron chi connectivity index (χ0n) is 6.13. The van der Waals surface area contributed by atoms with Crippen LogP contribution in [0.15, 0.2) is 6.20 Å². The van der Waals surface area contributed by atoms with Crippen LogP contribution < -0.4 is 0 Å². The van der Waals surface area contributed by atoms with Crippen molar-refractivity contribution in [2.75, 3.05) is 0 Å². The fourth-order valence-corrected chi connectivity index (χ4v) is 0.729. The molecule has 0 amide bonds. The SMILES string of the molecule is CCC(=O)c1cnc(C=O)[nH]1. The highest BCUT2D eigenvalue weighted by Gasteiger charge is 2.05. The summed E-state index contributed by atoms with van der Waals surface area (Å²) >= 11 is 0. The van der Waals surface area contributed by atoms with E-state index in [0.29, 0.717) is 18.4 Å². The highest BCUT2D eigenvalue weighted by molar-refractivity contribution is 5.94. The van der Waals surface area contributed by atoms with Gasteiger partial charge in [-0.2, -0.15) is 0 Å². The number of nitrogens with one attached hydrogen (secondary N) is 1. The highest BCUT2D eigenvalue weighted by atomic mass is 16.1. The van der Waals surface area contributed by atoms with E-state index < -0.39 is 0 Å². The molecule has 0 aromatic carbocycles. The second-order valence-corrected chi connectivity index (χ2v) is 2.08. The zero-order chi connectivity index (χ0) is 8.27. The maximum Gasteiger partial charge on any atom is 0.185 e. The van der Waals surface area contributed by atoms with Crippen molar-refractivity contribution in [2.24, 2.45) is 0 Å². The summed E-state index contributed by atoms with van der Waals surface area (Å²) < 4.78 is 0. The Hall–Kier alpha value is -1.45. The second kappa shape index (κ2) is 3.09. The van der Waals surface area contributed by atoms with Crippen LogP contribution in [0, 0.1) is 0 Å². The number of hydrogen-bond donors (Lipinski definition) is 1. The molecule has 0 saturated carbocycles. The van der Waals surface area contributed by atoms with E-state index in [1.807, 2.05) is 0 Å². The summed E-state index contributed by atoms with van der Waals surface area (Å²) in [6.45, 7) is 1.75. The molecule has 0 spiro atoms. The van der Waals surface area contributed by atoms with E-state index in [1.165, 1.54) is 6.20 Å². The van der Waals surface area contributed by atoms with Gasteiger partial charge >= 0.3 is 0 Å². The summed E-state index contributed by atoms with van der Waals surface area (Å²) in [4.78, 5) is 27.3. The normalized spacial score (nSPS) is 9.55. The van der Waals surface area contributed by atoms with E-state index in [1.54, 1.807) is 6.92 Å². The van der Waals surface area contributed by atoms with E-state index in [-0.39, 0.29) is 11.6 Å². The van der Waals surface area contributed by atoms with Gasteiger partial charge in [-0.15, -0.1) is 0 Å². The Kier molecular flexibility index (Phi) is 2.15. The predicted octanol–water partition coefficient (Wildman–Crippen LogP) is 0.815. The van der Waals surface area contributed by atoms with Gasteiger partial charge in [0.15, 0.2) is 17.9 Å². The van der Waals surface area contributed by atoms with Crippen LogP contribution in [0.5, 0.6) is 0 Å². The van der Waals surface area contributed by atoms with Gasteiger partial charge in [-0.1, -0.05) is 6.92 Å². The third-order valence-electron chi connectivity index (χ3n) is 1.33. The number of carbonyl (C=O) groups is 2. The van der Waals surface area contributed by atoms with Gasteiger partial charge < -0.3 is 4.98 Å². The van der Waals surface area contributed by atoms with Gasteiger partial charge in [0.2, 0.25) is 0 Å². The topological polar surface area (TPSA) is 62.8 Å². The van der Waals surface area contributed by atoms with Crippen molar-refractivity contribution in [1.29, 1.82) is 0 Å². The molecule has 0 bridgehead atoms. The molecule has 0 atom stereocenters. The van der Waals surface area contributed by atoms with Crippen molar-refractivity contribution >= 4 is 12.1 Å². The van der Waals surface area contributed by atoms with Crippen LogP contribution in [0.4, 0.5) is 0 Å². The van der Waals surface area contributed by atoms with E-state index in [0.717, 1.165) is 0 Å². The summed E-state index contributed by atoms with van der Waals surface area (Å²) in [5.74, 6) is 0.160. The van der Waals surface area contributed by atoms with Gasteiger partial charge in [0.25, 0.3) is 0 Å². The molecule has 58 valence electrons. The number of ketones is 1. The Morgan fingerprint density at radius 3 is 3.00 bits per heavy atom. The minimum Gasteiger partial charge on any atom is -0.333 e. The Balaban J connectivity index is 2.88. The highest BCUT2D eigenvalue weighted by Crippen LogP contribution is 1.98. The number of aromatic amines is 1. The average molecular weight is 152 g/mol. The fraction of sp³-hybridized carbons (Fsp3) is 0.286. The molecule has 0 radical (unpaired) electrons. The Labute approximate surface area is 63.6 Å². The minimum absolute atomic E-state index is 0.0365. The molecular weight excluding hydrogens is 144 g/mol. The first-order valence-electron chi connectivity index (χ1n) is 3.31. The van der Waals surface area contributed by atoms with Crippen molar-refractivity contribution < 1.29 is 9.59 Å². The van der Waals surface area contributed by atoms with Crippen LogP contribution in [-0.2, 0) is 0 Å². The first-order chi connectivity index (χ1) is 5.27. The molecule has 0 aliphatic heterocycles. The zero-order valence-corrected chi connectivity index (χ0v) is 6.13. The van der Waals surface area contributed by atoms with Gasteiger partial charge in [-0.05, 0) is 0 Å². The number of aldehydes is 1. The first kappa shape index (κ1) is 7.65. The molecule has 1 aromatic heterocycles. The molecule has 1 aromatic rings. The summed E-state index contributed by atoms with van der Waals surface area (Å²) in [5.41, 5.74) is 0.398. The Morgan fingerprint density at radius 1 is 1.82 bits per heavy atom. The molecular formula is C7H8N2O2. The monoisotopic (exact) mass is 152 g/mol. The van der Waals surface area contributed by atoms with Gasteiger partial charge in [-0.3, -0.25) is 9.59 Å². The average Bonchev–Trinajstić information content (AvgIpc) is 2.50. The molecule has 0 fully saturated rings. The number of hydrogen-bond acceptors (Lipinski definition) is 3. The first-order valence-corrected chi connectivity index (χ1v) is 3.31. The number of imidazole rings is 1. The summed E-state index contributed by atoms with van der Waals surface area (Å²) in [5, 5.41) is 0. The molecule has 4 heteroatoms. The number of rotatable bonds is 3. The fourth-order valence-electron chi connectivity index (χ4n) is 0.729. The lowest BCUT2D eigenvalue weighted by molar-refractivity contribution is 0.0984. The molecule has 11 heavy (non-hydrogen) atoms. The lowest BCUT2D eigenvalue weighted by Crippen LogP contribution is -1.96. The molecule has 4 nitrogen and oxygen atoms in total. The standard InChI is InChI=1S/C7H8N2O2/c1-2-6(11)5-3-8-7(4-10)9-5/h3-4H,2H2,1H3,(H,8,9). The number of H-pyrrole nitrogens is 1. The summed E-state index contributed by atoms with van der Waals surface area (Å²) in [6, 6.07) is 0. The van der Waals surface area contributed by atoms with Crippen molar-refractivity contribution in [3.05, 3.63) is 17.7 Å². The minimum atomic E-state index is -0.0365. The van der Waals surface area contributed by atoms with Crippen molar-refractivity contribution in [1.82, 2.24) is 9.97 Å². The quantitative estimate of drug-likeness (QED) is 0.515. The maximum absolute atomic E-state index is 11.0. The summed E-state index contributed by atoms with van der Waals surface area (Å²) in [6.07, 6.45) is 2.36. The molecule has 0 saturated heterocycles. The van der Waals surface area contributed by atoms with Gasteiger partial charge in [-0.25, -0.2) is 4.98 Å². The van der Waals surface area contributed by atoms with Gasteiger partial charge in [0.1, 0.15) is 5.69 Å². The second-order valence-electron chi connectivity index (χ2n) is 2.08. The Morgan fingerprint density at radius 2 is 2.55 bits per heavy atom. The lowest BCUT2D eigenvalue weighted by atomic mass is 10.2. The van der Waals surface area contributed by atoms with Crippen molar-refractivity contribution in [3.63, 3.8) is 0 Å². The van der Waals surface area contributed by atoms with Crippen LogP contribution in [-0.4, -0.2) is 22.0 Å². The third kappa shape index (κ3) is 1.52. The van der Waals surface area contributed by atoms with Crippen LogP contribution in [0.25, 0.3) is 0 Å². The lowest BCUT2D eigenvalue weighted by Gasteiger charge is -1.87. The van der Waals surface area contributed by atoms with Gasteiger partial charge in [0, 0.05) is 6.42 Å². The third-order valence-corrected chi connectivity index (χ3v) is 1.33. The van der Waals surface area contributed by atoms with Crippen LogP contribution in [0.3, 0.4) is 0 Å². The van der Waals surface area contributed by atoms with E-state index >= 15 is 0 Å². The molecule has 1 heterocycles. The predicted molar refractivity (Wildman–Crippen MR) is 38.6 cm³/mol. The van der Waals surface area contributed by atoms with E-state index in [4.69, 9.17) is 0 Å². The smallest absolute Gasteiger partial charge is 0.185 e. The number of aromatic nitrogens is 2. The van der Waals surface area contributed by atoms with E-state index in [2.05, 4.69) is 9.97 Å². The van der Waals surface area contributed by atoms with Crippen LogP contribution in [0.2, 0.25) is 0 Å².